The number of hydrogen-bond donors (Lipinski definition) is 1. The first-order valence-electron chi connectivity index (χ1n) is 7.73. The Hall–Kier alpha value is -2.77. The van der Waals surface area contributed by atoms with Crippen LogP contribution >= 0.6 is 0 Å². The van der Waals surface area contributed by atoms with E-state index in [1.807, 2.05) is 29.2 Å². The molecule has 1 aromatic carbocycles. The number of aromatic nitrogens is 6. The Balaban J connectivity index is 1.49. The largest absolute Gasteiger partial charge is 0.342 e. The van der Waals surface area contributed by atoms with Gasteiger partial charge < -0.3 is 9.88 Å². The van der Waals surface area contributed by atoms with Crippen LogP contribution < -0.4 is 0 Å². The summed E-state index contributed by atoms with van der Waals surface area (Å²) in [5.41, 5.74) is 2.01. The topological polar surface area (TPSA) is 92.6 Å². The summed E-state index contributed by atoms with van der Waals surface area (Å²) in [5, 5.41) is 10.9. The highest BCUT2D eigenvalue weighted by molar-refractivity contribution is 5.76. The molecule has 2 aromatic heterocycles. The maximum atomic E-state index is 12.4. The van der Waals surface area contributed by atoms with E-state index in [1.165, 1.54) is 11.0 Å². The Kier molecular flexibility index (Phi) is 3.49. The summed E-state index contributed by atoms with van der Waals surface area (Å²) in [5.74, 6) is 1.25. The number of carbonyl (C=O) groups is 1. The molecule has 0 unspecified atom stereocenters. The summed E-state index contributed by atoms with van der Waals surface area (Å²) >= 11 is 0. The molecular weight excluding hydrogens is 294 g/mol. The number of imidazole rings is 1. The van der Waals surface area contributed by atoms with E-state index in [0.717, 1.165) is 36.2 Å². The minimum atomic E-state index is 0.0399. The van der Waals surface area contributed by atoms with Crippen LogP contribution in [-0.4, -0.2) is 54.1 Å². The molecule has 1 amide bonds. The molecule has 23 heavy (non-hydrogen) atoms. The molecule has 1 atom stereocenters. The first-order chi connectivity index (χ1) is 11.3. The zero-order chi connectivity index (χ0) is 15.6. The van der Waals surface area contributed by atoms with Gasteiger partial charge in [0.05, 0.1) is 11.0 Å². The minimum absolute atomic E-state index is 0.0399. The molecule has 0 bridgehead atoms. The van der Waals surface area contributed by atoms with Gasteiger partial charge in [0, 0.05) is 19.0 Å². The van der Waals surface area contributed by atoms with Gasteiger partial charge in [0.2, 0.25) is 5.91 Å². The lowest BCUT2D eigenvalue weighted by atomic mass is 9.97. The van der Waals surface area contributed by atoms with Crippen molar-refractivity contribution in [2.45, 2.75) is 25.3 Å². The third-order valence-electron chi connectivity index (χ3n) is 4.26. The number of piperidine rings is 1. The van der Waals surface area contributed by atoms with Gasteiger partial charge in [-0.25, -0.2) is 9.67 Å². The quantitative estimate of drug-likeness (QED) is 0.777. The highest BCUT2D eigenvalue weighted by atomic mass is 16.2. The average Bonchev–Trinajstić information content (AvgIpc) is 3.24. The fourth-order valence-electron chi connectivity index (χ4n) is 3.08. The van der Waals surface area contributed by atoms with Crippen molar-refractivity contribution >= 4 is 16.9 Å². The number of carbonyl (C=O) groups excluding carboxylic acids is 1. The number of amides is 1. The molecule has 0 radical (unpaired) electrons. The van der Waals surface area contributed by atoms with Crippen LogP contribution in [-0.2, 0) is 11.3 Å². The van der Waals surface area contributed by atoms with Gasteiger partial charge in [0.25, 0.3) is 0 Å². The number of para-hydroxylation sites is 2. The van der Waals surface area contributed by atoms with Crippen LogP contribution in [0.1, 0.15) is 24.6 Å². The first-order valence-corrected chi connectivity index (χ1v) is 7.73. The molecule has 1 saturated heterocycles. The lowest BCUT2D eigenvalue weighted by molar-refractivity contribution is -0.133. The minimum Gasteiger partial charge on any atom is -0.342 e. The number of nitrogens with one attached hydrogen (secondary N) is 1. The number of rotatable bonds is 3. The summed E-state index contributed by atoms with van der Waals surface area (Å²) in [6.07, 6.45) is 3.47. The Morgan fingerprint density at radius 2 is 2.26 bits per heavy atom. The summed E-state index contributed by atoms with van der Waals surface area (Å²) in [6.45, 7) is 1.64. The monoisotopic (exact) mass is 311 g/mol. The van der Waals surface area contributed by atoms with Gasteiger partial charge in [-0.3, -0.25) is 4.79 Å². The Morgan fingerprint density at radius 3 is 3.09 bits per heavy atom. The summed E-state index contributed by atoms with van der Waals surface area (Å²) < 4.78 is 1.45. The maximum absolute atomic E-state index is 12.4. The molecule has 3 heterocycles. The van der Waals surface area contributed by atoms with E-state index in [9.17, 15) is 4.79 Å². The van der Waals surface area contributed by atoms with E-state index in [0.29, 0.717) is 6.54 Å². The summed E-state index contributed by atoms with van der Waals surface area (Å²) in [6, 6.07) is 8.00. The van der Waals surface area contributed by atoms with Crippen molar-refractivity contribution in [3.8, 4) is 0 Å². The number of benzene rings is 1. The highest BCUT2D eigenvalue weighted by Gasteiger charge is 2.26. The van der Waals surface area contributed by atoms with Gasteiger partial charge in [-0.2, -0.15) is 0 Å². The van der Waals surface area contributed by atoms with Crippen molar-refractivity contribution in [2.75, 3.05) is 13.1 Å². The van der Waals surface area contributed by atoms with Crippen molar-refractivity contribution in [3.63, 3.8) is 0 Å². The van der Waals surface area contributed by atoms with Crippen LogP contribution in [0.15, 0.2) is 30.6 Å². The van der Waals surface area contributed by atoms with Crippen LogP contribution in [0.5, 0.6) is 0 Å². The fourth-order valence-corrected chi connectivity index (χ4v) is 3.08. The van der Waals surface area contributed by atoms with Gasteiger partial charge in [0.1, 0.15) is 18.7 Å². The second kappa shape index (κ2) is 5.79. The Bertz CT molecular complexity index is 777. The van der Waals surface area contributed by atoms with E-state index in [4.69, 9.17) is 0 Å². The molecule has 1 aliphatic heterocycles. The molecule has 8 heteroatoms. The zero-order valence-electron chi connectivity index (χ0n) is 12.6. The SMILES string of the molecule is O=C(Cn1cnnn1)N1CCC[C@@H](c2nc3ccccc3[nH]2)C1. The Labute approximate surface area is 132 Å². The smallest absolute Gasteiger partial charge is 0.244 e. The number of aromatic amines is 1. The fraction of sp³-hybridized carbons (Fsp3) is 0.400. The van der Waals surface area contributed by atoms with Gasteiger partial charge in [-0.05, 0) is 35.4 Å². The van der Waals surface area contributed by atoms with Crippen LogP contribution in [0.4, 0.5) is 0 Å². The van der Waals surface area contributed by atoms with Gasteiger partial charge >= 0.3 is 0 Å². The van der Waals surface area contributed by atoms with Gasteiger partial charge in [-0.15, -0.1) is 5.10 Å². The second-order valence-electron chi connectivity index (χ2n) is 5.83. The molecule has 118 valence electrons. The number of fused-ring (bicyclic) bond motifs is 1. The number of tetrazole rings is 1. The molecule has 0 aliphatic carbocycles. The van der Waals surface area contributed by atoms with Crippen LogP contribution in [0, 0.1) is 0 Å². The second-order valence-corrected chi connectivity index (χ2v) is 5.83. The van der Waals surface area contributed by atoms with E-state index in [2.05, 4.69) is 25.5 Å². The van der Waals surface area contributed by atoms with Gasteiger partial charge in [0.15, 0.2) is 0 Å². The third kappa shape index (κ3) is 2.79. The maximum Gasteiger partial charge on any atom is 0.244 e. The van der Waals surface area contributed by atoms with Crippen molar-refractivity contribution in [1.29, 1.82) is 0 Å². The first kappa shape index (κ1) is 13.9. The number of hydrogen-bond acceptors (Lipinski definition) is 5. The van der Waals surface area contributed by atoms with Crippen LogP contribution in [0.25, 0.3) is 11.0 Å². The third-order valence-corrected chi connectivity index (χ3v) is 4.26. The van der Waals surface area contributed by atoms with E-state index < -0.39 is 0 Å². The molecule has 8 nitrogen and oxygen atoms in total. The molecule has 4 rings (SSSR count). The lowest BCUT2D eigenvalue weighted by Crippen LogP contribution is -2.41. The molecule has 1 aliphatic rings. The summed E-state index contributed by atoms with van der Waals surface area (Å²) in [7, 11) is 0. The Morgan fingerprint density at radius 1 is 1.35 bits per heavy atom. The highest BCUT2D eigenvalue weighted by Crippen LogP contribution is 2.26. The summed E-state index contributed by atoms with van der Waals surface area (Å²) in [4.78, 5) is 22.3. The predicted molar refractivity (Wildman–Crippen MR) is 82.5 cm³/mol. The van der Waals surface area contributed by atoms with Crippen LogP contribution in [0.2, 0.25) is 0 Å². The van der Waals surface area contributed by atoms with Crippen molar-refractivity contribution in [1.82, 2.24) is 35.1 Å². The predicted octanol–water partition coefficient (Wildman–Crippen LogP) is 0.956. The van der Waals surface area contributed by atoms with Crippen molar-refractivity contribution in [2.24, 2.45) is 0 Å². The lowest BCUT2D eigenvalue weighted by Gasteiger charge is -2.31. The molecule has 0 saturated carbocycles. The van der Waals surface area contributed by atoms with E-state index in [1.54, 1.807) is 0 Å². The molecule has 1 N–H and O–H groups in total. The van der Waals surface area contributed by atoms with Crippen molar-refractivity contribution in [3.05, 3.63) is 36.4 Å². The van der Waals surface area contributed by atoms with Gasteiger partial charge in [-0.1, -0.05) is 12.1 Å². The normalized spacial score (nSPS) is 18.4. The van der Waals surface area contributed by atoms with E-state index in [-0.39, 0.29) is 18.4 Å². The zero-order valence-corrected chi connectivity index (χ0v) is 12.6. The molecular formula is C15H17N7O. The number of H-pyrrole nitrogens is 1. The van der Waals surface area contributed by atoms with Crippen molar-refractivity contribution < 1.29 is 4.79 Å². The standard InChI is InChI=1S/C15H17N7O/c23-14(9-22-10-16-19-20-22)21-7-3-4-11(8-21)15-17-12-5-1-2-6-13(12)18-15/h1-2,5-6,10-11H,3-4,7-9H2,(H,17,18)/t11-/m1/s1. The average molecular weight is 311 g/mol. The number of likely N-dealkylation sites (tertiary alicyclic amines) is 1. The number of nitrogens with zero attached hydrogens (tertiary/aromatic N) is 6. The van der Waals surface area contributed by atoms with E-state index >= 15 is 0 Å². The van der Waals surface area contributed by atoms with Crippen LogP contribution in [0.3, 0.4) is 0 Å². The molecule has 0 spiro atoms. The molecule has 1 fully saturated rings. The molecule has 3 aromatic rings.